The fourth-order valence-corrected chi connectivity index (χ4v) is 1.53. The van der Waals surface area contributed by atoms with E-state index in [-0.39, 0.29) is 5.75 Å². The van der Waals surface area contributed by atoms with E-state index in [4.69, 9.17) is 4.74 Å². The molecule has 0 unspecified atom stereocenters. The van der Waals surface area contributed by atoms with E-state index < -0.39 is 0 Å². The number of hydrogen-bond acceptors (Lipinski definition) is 4. The van der Waals surface area contributed by atoms with Crippen LogP contribution in [0.3, 0.4) is 0 Å². The molecule has 0 aliphatic carbocycles. The molecule has 0 spiro atoms. The third-order valence-corrected chi connectivity index (χ3v) is 2.46. The van der Waals surface area contributed by atoms with E-state index in [9.17, 15) is 5.11 Å². The molecule has 0 saturated carbocycles. The topological polar surface area (TPSA) is 59.3 Å². The summed E-state index contributed by atoms with van der Waals surface area (Å²) in [6.07, 6.45) is 1.85. The van der Waals surface area contributed by atoms with Crippen LogP contribution in [0.2, 0.25) is 0 Å². The number of methoxy groups -OCH3 is 1. The van der Waals surface area contributed by atoms with E-state index in [0.29, 0.717) is 6.54 Å². The maximum absolute atomic E-state index is 9.69. The second-order valence-electron chi connectivity index (χ2n) is 3.72. The van der Waals surface area contributed by atoms with Crippen molar-refractivity contribution in [2.75, 3.05) is 12.4 Å². The van der Waals surface area contributed by atoms with E-state index in [1.165, 1.54) is 0 Å². The van der Waals surface area contributed by atoms with Gasteiger partial charge >= 0.3 is 0 Å². The van der Waals surface area contributed by atoms with Crippen molar-refractivity contribution in [1.29, 1.82) is 0 Å². The number of benzene rings is 1. The van der Waals surface area contributed by atoms with Crippen LogP contribution >= 0.6 is 0 Å². The van der Waals surface area contributed by atoms with Gasteiger partial charge in [-0.2, -0.15) is 5.10 Å². The molecule has 2 aromatic rings. The third kappa shape index (κ3) is 2.69. The molecule has 0 fully saturated rings. The van der Waals surface area contributed by atoms with Crippen molar-refractivity contribution in [3.8, 4) is 11.5 Å². The van der Waals surface area contributed by atoms with E-state index in [2.05, 4.69) is 10.4 Å². The van der Waals surface area contributed by atoms with Crippen molar-refractivity contribution in [2.45, 2.75) is 6.54 Å². The molecule has 1 aromatic carbocycles. The van der Waals surface area contributed by atoms with Gasteiger partial charge < -0.3 is 15.2 Å². The van der Waals surface area contributed by atoms with Crippen molar-refractivity contribution in [3.05, 3.63) is 36.0 Å². The standard InChI is InChI=1S/C12H15N3O2/c1-15-6-5-12(14-15)13-8-9-7-10(17-2)3-4-11(9)16/h3-7,16H,8H2,1-2H3,(H,13,14). The highest BCUT2D eigenvalue weighted by atomic mass is 16.5. The Kier molecular flexibility index (Phi) is 3.18. The second-order valence-corrected chi connectivity index (χ2v) is 3.72. The minimum absolute atomic E-state index is 0.245. The highest BCUT2D eigenvalue weighted by molar-refractivity contribution is 5.42. The molecule has 1 aromatic heterocycles. The minimum atomic E-state index is 0.245. The zero-order valence-corrected chi connectivity index (χ0v) is 9.84. The molecule has 0 saturated heterocycles. The van der Waals surface area contributed by atoms with Crippen LogP contribution in [0.15, 0.2) is 30.5 Å². The lowest BCUT2D eigenvalue weighted by atomic mass is 10.2. The molecular weight excluding hydrogens is 218 g/mol. The van der Waals surface area contributed by atoms with Crippen molar-refractivity contribution in [1.82, 2.24) is 9.78 Å². The maximum Gasteiger partial charge on any atom is 0.148 e. The van der Waals surface area contributed by atoms with Gasteiger partial charge in [-0.05, 0) is 18.2 Å². The lowest BCUT2D eigenvalue weighted by molar-refractivity contribution is 0.411. The summed E-state index contributed by atoms with van der Waals surface area (Å²) in [5.74, 6) is 1.74. The predicted molar refractivity (Wildman–Crippen MR) is 65.2 cm³/mol. The average Bonchev–Trinajstić information content (AvgIpc) is 2.74. The number of rotatable bonds is 4. The number of phenolic OH excluding ortho intramolecular Hbond substituents is 1. The number of ether oxygens (including phenoxy) is 1. The fourth-order valence-electron chi connectivity index (χ4n) is 1.53. The van der Waals surface area contributed by atoms with Crippen molar-refractivity contribution < 1.29 is 9.84 Å². The van der Waals surface area contributed by atoms with Crippen LogP contribution in [0, 0.1) is 0 Å². The van der Waals surface area contributed by atoms with Gasteiger partial charge in [0.15, 0.2) is 0 Å². The minimum Gasteiger partial charge on any atom is -0.508 e. The normalized spacial score (nSPS) is 10.2. The lowest BCUT2D eigenvalue weighted by Crippen LogP contribution is -2.01. The number of aryl methyl sites for hydroxylation is 1. The molecule has 90 valence electrons. The van der Waals surface area contributed by atoms with Gasteiger partial charge in [-0.15, -0.1) is 0 Å². The summed E-state index contributed by atoms with van der Waals surface area (Å²) in [5, 5.41) is 17.0. The monoisotopic (exact) mass is 233 g/mol. The highest BCUT2D eigenvalue weighted by Gasteiger charge is 2.04. The molecule has 1 heterocycles. The van der Waals surface area contributed by atoms with Crippen LogP contribution in [0.5, 0.6) is 11.5 Å². The number of hydrogen-bond donors (Lipinski definition) is 2. The Morgan fingerprint density at radius 2 is 2.24 bits per heavy atom. The molecule has 5 nitrogen and oxygen atoms in total. The van der Waals surface area contributed by atoms with Crippen molar-refractivity contribution >= 4 is 5.82 Å². The number of nitrogens with one attached hydrogen (secondary N) is 1. The van der Waals surface area contributed by atoms with Crippen LogP contribution in [0.25, 0.3) is 0 Å². The quantitative estimate of drug-likeness (QED) is 0.844. The van der Waals surface area contributed by atoms with Gasteiger partial charge in [0, 0.05) is 31.4 Å². The van der Waals surface area contributed by atoms with Crippen LogP contribution in [0.1, 0.15) is 5.56 Å². The van der Waals surface area contributed by atoms with Gasteiger partial charge in [-0.1, -0.05) is 0 Å². The first-order valence-electron chi connectivity index (χ1n) is 5.28. The van der Waals surface area contributed by atoms with Gasteiger partial charge in [0.1, 0.15) is 17.3 Å². The largest absolute Gasteiger partial charge is 0.508 e. The predicted octanol–water partition coefficient (Wildman–Crippen LogP) is 1.75. The van der Waals surface area contributed by atoms with Gasteiger partial charge in [0.2, 0.25) is 0 Å². The van der Waals surface area contributed by atoms with E-state index in [1.54, 1.807) is 30.0 Å². The molecule has 0 atom stereocenters. The first-order chi connectivity index (χ1) is 8.19. The molecule has 0 radical (unpaired) electrons. The fraction of sp³-hybridized carbons (Fsp3) is 0.250. The zero-order valence-electron chi connectivity index (χ0n) is 9.84. The number of aromatic nitrogens is 2. The van der Waals surface area contributed by atoms with Crippen LogP contribution in [-0.2, 0) is 13.6 Å². The lowest BCUT2D eigenvalue weighted by Gasteiger charge is -2.07. The molecule has 17 heavy (non-hydrogen) atoms. The molecular formula is C12H15N3O2. The van der Waals surface area contributed by atoms with Gasteiger partial charge in [-0.25, -0.2) is 0 Å². The van der Waals surface area contributed by atoms with Gasteiger partial charge in [0.05, 0.1) is 7.11 Å². The summed E-state index contributed by atoms with van der Waals surface area (Å²) in [7, 11) is 3.45. The number of aromatic hydroxyl groups is 1. The summed E-state index contributed by atoms with van der Waals surface area (Å²) in [6, 6.07) is 7.01. The van der Waals surface area contributed by atoms with Crippen LogP contribution in [0.4, 0.5) is 5.82 Å². The number of anilines is 1. The Morgan fingerprint density at radius 3 is 2.88 bits per heavy atom. The summed E-state index contributed by atoms with van der Waals surface area (Å²) in [4.78, 5) is 0. The van der Waals surface area contributed by atoms with Crippen LogP contribution < -0.4 is 10.1 Å². The summed E-state index contributed by atoms with van der Waals surface area (Å²) in [6.45, 7) is 0.500. The molecule has 2 rings (SSSR count). The Balaban J connectivity index is 2.07. The first-order valence-corrected chi connectivity index (χ1v) is 5.28. The van der Waals surface area contributed by atoms with Gasteiger partial charge in [0.25, 0.3) is 0 Å². The summed E-state index contributed by atoms with van der Waals surface area (Å²) < 4.78 is 6.82. The molecule has 0 bridgehead atoms. The Morgan fingerprint density at radius 1 is 1.41 bits per heavy atom. The number of nitrogens with zero attached hydrogens (tertiary/aromatic N) is 2. The molecule has 0 aliphatic heterocycles. The molecule has 0 amide bonds. The Hall–Kier alpha value is -2.17. The van der Waals surface area contributed by atoms with E-state index >= 15 is 0 Å². The highest BCUT2D eigenvalue weighted by Crippen LogP contribution is 2.23. The molecule has 5 heteroatoms. The van der Waals surface area contributed by atoms with E-state index in [1.807, 2.05) is 19.3 Å². The van der Waals surface area contributed by atoms with Crippen LogP contribution in [-0.4, -0.2) is 22.0 Å². The SMILES string of the molecule is COc1ccc(O)c(CNc2ccn(C)n2)c1. The molecule has 0 aliphatic rings. The molecule has 2 N–H and O–H groups in total. The Labute approximate surface area is 99.6 Å². The Bertz CT molecular complexity index is 508. The maximum atomic E-state index is 9.69. The third-order valence-electron chi connectivity index (χ3n) is 2.46. The summed E-state index contributed by atoms with van der Waals surface area (Å²) in [5.41, 5.74) is 0.773. The summed E-state index contributed by atoms with van der Waals surface area (Å²) >= 11 is 0. The average molecular weight is 233 g/mol. The van der Waals surface area contributed by atoms with E-state index in [0.717, 1.165) is 17.1 Å². The van der Waals surface area contributed by atoms with Crippen molar-refractivity contribution in [2.24, 2.45) is 7.05 Å². The van der Waals surface area contributed by atoms with Crippen molar-refractivity contribution in [3.63, 3.8) is 0 Å². The second kappa shape index (κ2) is 4.78. The smallest absolute Gasteiger partial charge is 0.148 e. The first kappa shape index (κ1) is 11.3. The number of phenols is 1. The van der Waals surface area contributed by atoms with Gasteiger partial charge in [-0.3, -0.25) is 4.68 Å². The zero-order chi connectivity index (χ0) is 12.3.